The van der Waals surface area contributed by atoms with Crippen LogP contribution in [0, 0.1) is 0 Å². The largest absolute Gasteiger partial charge is 0.356 e. The molecule has 0 saturated carbocycles. The van der Waals surface area contributed by atoms with Crippen molar-refractivity contribution in [1.29, 1.82) is 0 Å². The van der Waals surface area contributed by atoms with Gasteiger partial charge in [0.25, 0.3) is 0 Å². The molecule has 2 nitrogen and oxygen atoms in total. The highest BCUT2D eigenvalue weighted by molar-refractivity contribution is 9.09. The molecule has 0 saturated heterocycles. The van der Waals surface area contributed by atoms with E-state index in [9.17, 15) is 4.79 Å². The maximum absolute atomic E-state index is 11.2. The van der Waals surface area contributed by atoms with Crippen LogP contribution in [-0.4, -0.2) is 29.8 Å². The predicted octanol–water partition coefficient (Wildman–Crippen LogP) is 2.81. The SMILES string of the molecule is CSCCC(=O)NCCCCCCBr. The molecule has 0 aromatic heterocycles. The lowest BCUT2D eigenvalue weighted by Gasteiger charge is -2.03. The molecular weight excluding hydrogens is 262 g/mol. The fraction of sp³-hybridized carbons (Fsp3) is 0.900. The Labute approximate surface area is 99.7 Å². The summed E-state index contributed by atoms with van der Waals surface area (Å²) in [7, 11) is 0. The van der Waals surface area contributed by atoms with E-state index < -0.39 is 0 Å². The zero-order valence-electron chi connectivity index (χ0n) is 8.85. The molecular formula is C10H20BrNOS. The summed E-state index contributed by atoms with van der Waals surface area (Å²) < 4.78 is 0. The zero-order valence-corrected chi connectivity index (χ0v) is 11.3. The van der Waals surface area contributed by atoms with Crippen LogP contribution in [0.1, 0.15) is 32.1 Å². The van der Waals surface area contributed by atoms with Crippen LogP contribution in [0.3, 0.4) is 0 Å². The summed E-state index contributed by atoms with van der Waals surface area (Å²) in [5.74, 6) is 1.12. The second-order valence-electron chi connectivity index (χ2n) is 3.20. The van der Waals surface area contributed by atoms with E-state index in [2.05, 4.69) is 21.2 Å². The number of carbonyl (C=O) groups excluding carboxylic acids is 1. The molecule has 0 aromatic carbocycles. The number of alkyl halides is 1. The van der Waals surface area contributed by atoms with Gasteiger partial charge in [0.2, 0.25) is 5.91 Å². The molecule has 0 fully saturated rings. The van der Waals surface area contributed by atoms with E-state index in [4.69, 9.17) is 0 Å². The van der Waals surface area contributed by atoms with Crippen molar-refractivity contribution < 1.29 is 4.79 Å². The van der Waals surface area contributed by atoms with Crippen LogP contribution in [0.2, 0.25) is 0 Å². The summed E-state index contributed by atoms with van der Waals surface area (Å²) >= 11 is 5.11. The average Bonchev–Trinajstić information content (AvgIpc) is 2.20. The average molecular weight is 282 g/mol. The maximum Gasteiger partial charge on any atom is 0.220 e. The molecule has 0 rings (SSSR count). The minimum Gasteiger partial charge on any atom is -0.356 e. The number of halogens is 1. The third-order valence-corrected chi connectivity index (χ3v) is 3.09. The number of hydrogen-bond acceptors (Lipinski definition) is 2. The van der Waals surface area contributed by atoms with Gasteiger partial charge in [-0.3, -0.25) is 4.79 Å². The normalized spacial score (nSPS) is 10.1. The summed E-state index contributed by atoms with van der Waals surface area (Å²) in [5, 5.41) is 4.02. The Hall–Kier alpha value is 0.300. The van der Waals surface area contributed by atoms with Crippen LogP contribution in [0.4, 0.5) is 0 Å². The van der Waals surface area contributed by atoms with Crippen molar-refractivity contribution in [3.8, 4) is 0 Å². The van der Waals surface area contributed by atoms with Gasteiger partial charge in [-0.15, -0.1) is 0 Å². The number of nitrogens with one attached hydrogen (secondary N) is 1. The highest BCUT2D eigenvalue weighted by Gasteiger charge is 1.98. The van der Waals surface area contributed by atoms with Gasteiger partial charge in [0.05, 0.1) is 0 Å². The molecule has 0 aliphatic heterocycles. The third kappa shape index (κ3) is 10.4. The second-order valence-corrected chi connectivity index (χ2v) is 4.97. The molecule has 0 radical (unpaired) electrons. The zero-order chi connectivity index (χ0) is 10.6. The van der Waals surface area contributed by atoms with E-state index in [1.807, 2.05) is 6.26 Å². The van der Waals surface area contributed by atoms with Crippen LogP contribution in [-0.2, 0) is 4.79 Å². The lowest BCUT2D eigenvalue weighted by molar-refractivity contribution is -0.120. The molecule has 84 valence electrons. The highest BCUT2D eigenvalue weighted by atomic mass is 79.9. The van der Waals surface area contributed by atoms with Crippen LogP contribution in [0.5, 0.6) is 0 Å². The molecule has 4 heteroatoms. The molecule has 0 unspecified atom stereocenters. The van der Waals surface area contributed by atoms with Gasteiger partial charge in [0, 0.05) is 24.0 Å². The topological polar surface area (TPSA) is 29.1 Å². The molecule has 0 atom stereocenters. The summed E-state index contributed by atoms with van der Waals surface area (Å²) in [6.45, 7) is 0.843. The summed E-state index contributed by atoms with van der Waals surface area (Å²) in [6.07, 6.45) is 7.49. The van der Waals surface area contributed by atoms with Crippen molar-refractivity contribution in [3.05, 3.63) is 0 Å². The second kappa shape index (κ2) is 11.4. The predicted molar refractivity (Wildman–Crippen MR) is 68.3 cm³/mol. The summed E-state index contributed by atoms with van der Waals surface area (Å²) in [6, 6.07) is 0. The van der Waals surface area contributed by atoms with Gasteiger partial charge in [-0.25, -0.2) is 0 Å². The van der Waals surface area contributed by atoms with Crippen LogP contribution < -0.4 is 5.32 Å². The first-order chi connectivity index (χ1) is 6.81. The number of unbranched alkanes of at least 4 members (excludes halogenated alkanes) is 3. The molecule has 1 amide bonds. The van der Waals surface area contributed by atoms with Gasteiger partial charge in [0.1, 0.15) is 0 Å². The fourth-order valence-corrected chi connectivity index (χ4v) is 1.87. The minimum absolute atomic E-state index is 0.194. The molecule has 0 bridgehead atoms. The number of amides is 1. The van der Waals surface area contributed by atoms with Gasteiger partial charge >= 0.3 is 0 Å². The minimum atomic E-state index is 0.194. The van der Waals surface area contributed by atoms with Crippen molar-refractivity contribution in [3.63, 3.8) is 0 Å². The van der Waals surface area contributed by atoms with E-state index in [0.717, 1.165) is 24.0 Å². The molecule has 0 aromatic rings. The molecule has 0 aliphatic carbocycles. The van der Waals surface area contributed by atoms with Crippen molar-refractivity contribution in [2.45, 2.75) is 32.1 Å². The maximum atomic E-state index is 11.2. The Kier molecular flexibility index (Phi) is 11.6. The molecule has 0 aliphatic rings. The monoisotopic (exact) mass is 281 g/mol. The number of rotatable bonds is 9. The van der Waals surface area contributed by atoms with Gasteiger partial charge in [-0.1, -0.05) is 28.8 Å². The first kappa shape index (κ1) is 14.3. The van der Waals surface area contributed by atoms with Crippen LogP contribution in [0.25, 0.3) is 0 Å². The number of hydrogen-bond donors (Lipinski definition) is 1. The van der Waals surface area contributed by atoms with Gasteiger partial charge in [0.15, 0.2) is 0 Å². The third-order valence-electron chi connectivity index (χ3n) is 1.92. The van der Waals surface area contributed by atoms with Crippen LogP contribution >= 0.6 is 27.7 Å². The van der Waals surface area contributed by atoms with Crippen molar-refractivity contribution >= 4 is 33.6 Å². The Morgan fingerprint density at radius 2 is 2.00 bits per heavy atom. The van der Waals surface area contributed by atoms with E-state index in [0.29, 0.717) is 6.42 Å². The van der Waals surface area contributed by atoms with E-state index in [1.54, 1.807) is 11.8 Å². The van der Waals surface area contributed by atoms with Gasteiger partial charge in [-0.2, -0.15) is 11.8 Å². The quantitative estimate of drug-likeness (QED) is 0.520. The van der Waals surface area contributed by atoms with E-state index in [1.165, 1.54) is 19.3 Å². The standard InChI is InChI=1S/C10H20BrNOS/c1-14-9-6-10(13)12-8-5-3-2-4-7-11/h2-9H2,1H3,(H,12,13). The van der Waals surface area contributed by atoms with E-state index >= 15 is 0 Å². The fourth-order valence-electron chi connectivity index (χ4n) is 1.08. The smallest absolute Gasteiger partial charge is 0.220 e. The number of thioether (sulfide) groups is 1. The Morgan fingerprint density at radius 3 is 2.64 bits per heavy atom. The Balaban J connectivity index is 3.07. The molecule has 14 heavy (non-hydrogen) atoms. The van der Waals surface area contributed by atoms with E-state index in [-0.39, 0.29) is 5.91 Å². The summed E-state index contributed by atoms with van der Waals surface area (Å²) in [5.41, 5.74) is 0. The molecule has 0 heterocycles. The molecule has 1 N–H and O–H groups in total. The summed E-state index contributed by atoms with van der Waals surface area (Å²) in [4.78, 5) is 11.2. The van der Waals surface area contributed by atoms with Crippen molar-refractivity contribution in [2.75, 3.05) is 23.9 Å². The first-order valence-corrected chi connectivity index (χ1v) is 7.64. The lowest BCUT2D eigenvalue weighted by atomic mass is 10.2. The van der Waals surface area contributed by atoms with Gasteiger partial charge < -0.3 is 5.32 Å². The van der Waals surface area contributed by atoms with Crippen molar-refractivity contribution in [2.24, 2.45) is 0 Å². The lowest BCUT2D eigenvalue weighted by Crippen LogP contribution is -2.24. The van der Waals surface area contributed by atoms with Gasteiger partial charge in [-0.05, 0) is 19.1 Å². The van der Waals surface area contributed by atoms with Crippen LogP contribution in [0.15, 0.2) is 0 Å². The van der Waals surface area contributed by atoms with Crippen molar-refractivity contribution in [1.82, 2.24) is 5.32 Å². The number of carbonyl (C=O) groups is 1. The molecule has 0 spiro atoms. The Bertz CT molecular complexity index is 144. The first-order valence-electron chi connectivity index (χ1n) is 5.13. The Morgan fingerprint density at radius 1 is 1.29 bits per heavy atom. The highest BCUT2D eigenvalue weighted by Crippen LogP contribution is 2.01.